The molecule has 2 aromatic carbocycles. The lowest BCUT2D eigenvalue weighted by atomic mass is 9.98. The molecule has 0 aliphatic heterocycles. The zero-order valence-electron chi connectivity index (χ0n) is 11.2. The highest BCUT2D eigenvalue weighted by molar-refractivity contribution is 9.11. The Balaban J connectivity index is 2.16. The Morgan fingerprint density at radius 2 is 2.00 bits per heavy atom. The molecule has 1 aromatic heterocycles. The maximum Gasteiger partial charge on any atom is 0.0589 e. The van der Waals surface area contributed by atoms with Crippen molar-refractivity contribution >= 4 is 64.9 Å². The molecule has 0 saturated heterocycles. The number of hydrogen-bond acceptors (Lipinski definition) is 2. The summed E-state index contributed by atoms with van der Waals surface area (Å²) in [5, 5.41) is 7.62. The maximum atomic E-state index is 6.19. The van der Waals surface area contributed by atoms with Crippen LogP contribution in [0.1, 0.15) is 17.2 Å². The fourth-order valence-corrected chi connectivity index (χ4v) is 5.04. The Hall–Kier alpha value is -0.390. The lowest BCUT2D eigenvalue weighted by Gasteiger charge is -2.17. The molecule has 1 atom stereocenters. The standard InChI is InChI=1S/C16H12Br2ClNS/c1-20-15(9-5-10(17)7-11(19)6-9)13-8-21-16-12(13)3-2-4-14(16)18/h2-8,15,20H,1H3. The molecule has 0 aliphatic rings. The molecule has 108 valence electrons. The third-order valence-corrected chi connectivity index (χ3v) is 6.05. The van der Waals surface area contributed by atoms with E-state index in [2.05, 4.69) is 66.8 Å². The summed E-state index contributed by atoms with van der Waals surface area (Å²) in [7, 11) is 1.97. The average Bonchev–Trinajstić information content (AvgIpc) is 2.84. The summed E-state index contributed by atoms with van der Waals surface area (Å²) in [5.74, 6) is 0. The third-order valence-electron chi connectivity index (χ3n) is 3.40. The molecule has 0 radical (unpaired) electrons. The summed E-state index contributed by atoms with van der Waals surface area (Å²) in [6.07, 6.45) is 0. The summed E-state index contributed by atoms with van der Waals surface area (Å²) >= 11 is 15.1. The minimum Gasteiger partial charge on any atom is -0.309 e. The van der Waals surface area contributed by atoms with Crippen LogP contribution >= 0.6 is 54.8 Å². The number of fused-ring (bicyclic) bond motifs is 1. The third kappa shape index (κ3) is 3.06. The van der Waals surface area contributed by atoms with Crippen molar-refractivity contribution in [2.24, 2.45) is 0 Å². The van der Waals surface area contributed by atoms with E-state index >= 15 is 0 Å². The van der Waals surface area contributed by atoms with Crippen molar-refractivity contribution in [2.45, 2.75) is 6.04 Å². The van der Waals surface area contributed by atoms with Gasteiger partial charge in [-0.25, -0.2) is 0 Å². The van der Waals surface area contributed by atoms with Crippen molar-refractivity contribution in [1.29, 1.82) is 0 Å². The monoisotopic (exact) mass is 443 g/mol. The van der Waals surface area contributed by atoms with E-state index in [1.165, 1.54) is 15.6 Å². The van der Waals surface area contributed by atoms with Crippen molar-refractivity contribution < 1.29 is 0 Å². The first-order chi connectivity index (χ1) is 10.1. The van der Waals surface area contributed by atoms with Crippen LogP contribution in [0.2, 0.25) is 5.02 Å². The van der Waals surface area contributed by atoms with E-state index in [0.717, 1.165) is 19.5 Å². The van der Waals surface area contributed by atoms with E-state index < -0.39 is 0 Å². The Bertz CT molecular complexity index is 780. The molecule has 0 fully saturated rings. The molecule has 1 unspecified atom stereocenters. The molecule has 21 heavy (non-hydrogen) atoms. The van der Waals surface area contributed by atoms with E-state index in [1.807, 2.05) is 19.2 Å². The number of halogens is 3. The number of benzene rings is 2. The van der Waals surface area contributed by atoms with Crippen molar-refractivity contribution in [3.05, 3.63) is 66.9 Å². The summed E-state index contributed by atoms with van der Waals surface area (Å²) < 4.78 is 3.40. The summed E-state index contributed by atoms with van der Waals surface area (Å²) in [5.41, 5.74) is 2.42. The van der Waals surface area contributed by atoms with E-state index in [1.54, 1.807) is 11.3 Å². The molecule has 0 saturated carbocycles. The lowest BCUT2D eigenvalue weighted by molar-refractivity contribution is 0.698. The Morgan fingerprint density at radius 3 is 2.71 bits per heavy atom. The lowest BCUT2D eigenvalue weighted by Crippen LogP contribution is -2.17. The van der Waals surface area contributed by atoms with E-state index in [-0.39, 0.29) is 6.04 Å². The molecule has 1 heterocycles. The zero-order valence-corrected chi connectivity index (χ0v) is 15.9. The van der Waals surface area contributed by atoms with Crippen LogP contribution in [0.4, 0.5) is 0 Å². The van der Waals surface area contributed by atoms with Crippen LogP contribution in [0.3, 0.4) is 0 Å². The highest BCUT2D eigenvalue weighted by Gasteiger charge is 2.18. The number of thiophene rings is 1. The van der Waals surface area contributed by atoms with Crippen molar-refractivity contribution in [2.75, 3.05) is 7.05 Å². The first kappa shape index (κ1) is 15.5. The van der Waals surface area contributed by atoms with Crippen molar-refractivity contribution in [3.63, 3.8) is 0 Å². The van der Waals surface area contributed by atoms with Crippen LogP contribution in [0.5, 0.6) is 0 Å². The Kier molecular flexibility index (Phi) is 4.71. The second-order valence-electron chi connectivity index (χ2n) is 4.73. The molecule has 0 aliphatic carbocycles. The molecule has 5 heteroatoms. The number of rotatable bonds is 3. The second kappa shape index (κ2) is 6.39. The minimum atomic E-state index is 0.114. The van der Waals surface area contributed by atoms with Gasteiger partial charge >= 0.3 is 0 Å². The molecule has 3 rings (SSSR count). The summed E-state index contributed by atoms with van der Waals surface area (Å²) in [6, 6.07) is 12.4. The highest BCUT2D eigenvalue weighted by Crippen LogP contribution is 2.38. The van der Waals surface area contributed by atoms with Gasteiger partial charge in [-0.05, 0) is 69.1 Å². The predicted octanol–water partition coefficient (Wildman–Crippen LogP) is 6.39. The molecular formula is C16H12Br2ClNS. The Labute approximate surface area is 149 Å². The largest absolute Gasteiger partial charge is 0.309 e. The van der Waals surface area contributed by atoms with Gasteiger partial charge in [0.2, 0.25) is 0 Å². The van der Waals surface area contributed by atoms with Gasteiger partial charge in [-0.3, -0.25) is 0 Å². The van der Waals surface area contributed by atoms with Gasteiger partial charge in [0.15, 0.2) is 0 Å². The van der Waals surface area contributed by atoms with Crippen LogP contribution in [0.15, 0.2) is 50.7 Å². The maximum absolute atomic E-state index is 6.19. The van der Waals surface area contributed by atoms with E-state index in [9.17, 15) is 0 Å². The summed E-state index contributed by atoms with van der Waals surface area (Å²) in [4.78, 5) is 0. The van der Waals surface area contributed by atoms with E-state index in [0.29, 0.717) is 0 Å². The number of hydrogen-bond donors (Lipinski definition) is 1. The molecular weight excluding hydrogens is 434 g/mol. The van der Waals surface area contributed by atoms with Gasteiger partial charge in [-0.15, -0.1) is 11.3 Å². The topological polar surface area (TPSA) is 12.0 Å². The Morgan fingerprint density at radius 1 is 1.19 bits per heavy atom. The predicted molar refractivity (Wildman–Crippen MR) is 99.6 cm³/mol. The van der Waals surface area contributed by atoms with Crippen molar-refractivity contribution in [3.8, 4) is 0 Å². The van der Waals surface area contributed by atoms with Crippen LogP contribution in [0, 0.1) is 0 Å². The molecule has 3 aromatic rings. The van der Waals surface area contributed by atoms with Gasteiger partial charge in [0, 0.05) is 18.7 Å². The summed E-state index contributed by atoms with van der Waals surface area (Å²) in [6.45, 7) is 0. The van der Waals surface area contributed by atoms with Gasteiger partial charge in [-0.2, -0.15) is 0 Å². The van der Waals surface area contributed by atoms with Gasteiger partial charge in [0.1, 0.15) is 0 Å². The van der Waals surface area contributed by atoms with E-state index in [4.69, 9.17) is 11.6 Å². The van der Waals surface area contributed by atoms with Crippen LogP contribution in [-0.4, -0.2) is 7.05 Å². The second-order valence-corrected chi connectivity index (χ2v) is 7.82. The van der Waals surface area contributed by atoms with Crippen LogP contribution in [-0.2, 0) is 0 Å². The average molecular weight is 446 g/mol. The molecule has 1 nitrogen and oxygen atoms in total. The fourth-order valence-electron chi connectivity index (χ4n) is 2.51. The normalized spacial score (nSPS) is 12.8. The van der Waals surface area contributed by atoms with Gasteiger partial charge in [0.25, 0.3) is 0 Å². The van der Waals surface area contributed by atoms with Crippen molar-refractivity contribution in [1.82, 2.24) is 5.32 Å². The number of nitrogens with one attached hydrogen (secondary N) is 1. The van der Waals surface area contributed by atoms with Gasteiger partial charge in [-0.1, -0.05) is 39.7 Å². The highest BCUT2D eigenvalue weighted by atomic mass is 79.9. The van der Waals surface area contributed by atoms with Gasteiger partial charge < -0.3 is 5.32 Å². The van der Waals surface area contributed by atoms with Crippen LogP contribution in [0.25, 0.3) is 10.1 Å². The quantitative estimate of drug-likeness (QED) is 0.493. The molecule has 0 spiro atoms. The first-order valence-electron chi connectivity index (χ1n) is 6.39. The first-order valence-corrected chi connectivity index (χ1v) is 9.23. The smallest absolute Gasteiger partial charge is 0.0589 e. The fraction of sp³-hybridized carbons (Fsp3) is 0.125. The minimum absolute atomic E-state index is 0.114. The van der Waals surface area contributed by atoms with Gasteiger partial charge in [0.05, 0.1) is 6.04 Å². The molecule has 0 amide bonds. The molecule has 1 N–H and O–H groups in total. The zero-order chi connectivity index (χ0) is 15.0. The van der Waals surface area contributed by atoms with Crippen LogP contribution < -0.4 is 5.32 Å². The molecule has 0 bridgehead atoms. The SMILES string of the molecule is CNC(c1cc(Cl)cc(Br)c1)c1csc2c(Br)cccc12.